The van der Waals surface area contributed by atoms with Gasteiger partial charge in [0.05, 0.1) is 9.40 Å². The van der Waals surface area contributed by atoms with E-state index in [-0.39, 0.29) is 5.69 Å². The van der Waals surface area contributed by atoms with E-state index >= 15 is 0 Å². The van der Waals surface area contributed by atoms with Gasteiger partial charge in [-0.05, 0) is 52.2 Å². The average molecular weight is 322 g/mol. The molecule has 0 aliphatic heterocycles. The number of benzene rings is 2. The van der Waals surface area contributed by atoms with Crippen molar-refractivity contribution >= 4 is 21.6 Å². The van der Waals surface area contributed by atoms with Crippen molar-refractivity contribution in [3.63, 3.8) is 0 Å². The van der Waals surface area contributed by atoms with E-state index in [4.69, 9.17) is 4.74 Å². The zero-order valence-electron chi connectivity index (χ0n) is 10.3. The molecule has 0 amide bonds. The van der Waals surface area contributed by atoms with E-state index < -0.39 is 4.92 Å². The highest BCUT2D eigenvalue weighted by Crippen LogP contribution is 2.26. The van der Waals surface area contributed by atoms with E-state index in [1.807, 2.05) is 31.2 Å². The van der Waals surface area contributed by atoms with Crippen molar-refractivity contribution in [3.8, 4) is 5.75 Å². The van der Waals surface area contributed by atoms with Gasteiger partial charge in [0.2, 0.25) is 0 Å². The number of nitrogens with zero attached hydrogens (tertiary/aromatic N) is 1. The van der Waals surface area contributed by atoms with Gasteiger partial charge in [-0.15, -0.1) is 0 Å². The van der Waals surface area contributed by atoms with Crippen LogP contribution in [0.5, 0.6) is 5.75 Å². The van der Waals surface area contributed by atoms with E-state index in [1.165, 1.54) is 6.07 Å². The fraction of sp³-hybridized carbons (Fsp3) is 0.143. The first-order valence-electron chi connectivity index (χ1n) is 5.68. The molecule has 5 heteroatoms. The normalized spacial score (nSPS) is 10.2. The lowest BCUT2D eigenvalue weighted by Crippen LogP contribution is -1.97. The number of rotatable bonds is 4. The number of nitro groups is 1. The topological polar surface area (TPSA) is 52.4 Å². The van der Waals surface area contributed by atoms with Gasteiger partial charge < -0.3 is 4.74 Å². The highest BCUT2D eigenvalue weighted by Gasteiger charge is 2.12. The predicted octanol–water partition coefficient (Wildman–Crippen LogP) is 4.24. The van der Waals surface area contributed by atoms with Gasteiger partial charge in [0, 0.05) is 6.07 Å². The van der Waals surface area contributed by atoms with Crippen LogP contribution in [0.2, 0.25) is 0 Å². The molecule has 0 atom stereocenters. The molecule has 2 aromatic carbocycles. The third-order valence-corrected chi connectivity index (χ3v) is 3.27. The molecule has 0 saturated carbocycles. The molecule has 4 nitrogen and oxygen atoms in total. The standard InChI is InChI=1S/C14H12BrNO3/c1-10-3-2-4-12(7-10)19-9-11-5-6-13(15)14(8-11)16(17)18/h2-8H,9H2,1H3. The van der Waals surface area contributed by atoms with E-state index in [0.717, 1.165) is 16.9 Å². The summed E-state index contributed by atoms with van der Waals surface area (Å²) < 4.78 is 6.08. The molecule has 2 rings (SSSR count). The summed E-state index contributed by atoms with van der Waals surface area (Å²) in [6.45, 7) is 2.29. The Hall–Kier alpha value is -1.88. The summed E-state index contributed by atoms with van der Waals surface area (Å²) in [6.07, 6.45) is 0. The summed E-state index contributed by atoms with van der Waals surface area (Å²) in [5.41, 5.74) is 1.92. The van der Waals surface area contributed by atoms with Crippen molar-refractivity contribution in [1.82, 2.24) is 0 Å². The predicted molar refractivity (Wildman–Crippen MR) is 76.3 cm³/mol. The smallest absolute Gasteiger partial charge is 0.283 e. The van der Waals surface area contributed by atoms with Crippen LogP contribution >= 0.6 is 15.9 Å². The second-order valence-corrected chi connectivity index (χ2v) is 5.00. The molecule has 19 heavy (non-hydrogen) atoms. The van der Waals surface area contributed by atoms with Crippen molar-refractivity contribution in [2.75, 3.05) is 0 Å². The summed E-state index contributed by atoms with van der Waals surface area (Å²) in [4.78, 5) is 10.4. The van der Waals surface area contributed by atoms with Crippen LogP contribution < -0.4 is 4.74 Å². The SMILES string of the molecule is Cc1cccc(OCc2ccc(Br)c([N+](=O)[O-])c2)c1. The van der Waals surface area contributed by atoms with E-state index in [1.54, 1.807) is 12.1 Å². The molecular weight excluding hydrogens is 310 g/mol. The Labute approximate surface area is 119 Å². The quantitative estimate of drug-likeness (QED) is 0.625. The largest absolute Gasteiger partial charge is 0.489 e. The van der Waals surface area contributed by atoms with Gasteiger partial charge in [0.25, 0.3) is 5.69 Å². The summed E-state index contributed by atoms with van der Waals surface area (Å²) in [7, 11) is 0. The maximum absolute atomic E-state index is 10.8. The van der Waals surface area contributed by atoms with Crippen LogP contribution in [0, 0.1) is 17.0 Å². The third kappa shape index (κ3) is 3.54. The first-order chi connectivity index (χ1) is 9.06. The number of hydrogen-bond acceptors (Lipinski definition) is 3. The minimum Gasteiger partial charge on any atom is -0.489 e. The van der Waals surface area contributed by atoms with Gasteiger partial charge in [-0.1, -0.05) is 18.2 Å². The summed E-state index contributed by atoms with van der Waals surface area (Å²) >= 11 is 3.15. The molecule has 0 aliphatic carbocycles. The molecule has 0 aliphatic rings. The molecule has 0 N–H and O–H groups in total. The monoisotopic (exact) mass is 321 g/mol. The Balaban J connectivity index is 2.12. The molecule has 0 spiro atoms. The Morgan fingerprint density at radius 2 is 2.05 bits per heavy atom. The van der Waals surface area contributed by atoms with Crippen LogP contribution in [0.15, 0.2) is 46.9 Å². The highest BCUT2D eigenvalue weighted by molar-refractivity contribution is 9.10. The van der Waals surface area contributed by atoms with E-state index in [2.05, 4.69) is 15.9 Å². The van der Waals surface area contributed by atoms with Gasteiger partial charge in [-0.3, -0.25) is 10.1 Å². The number of halogens is 1. The highest BCUT2D eigenvalue weighted by atomic mass is 79.9. The van der Waals surface area contributed by atoms with Crippen molar-refractivity contribution in [2.45, 2.75) is 13.5 Å². The van der Waals surface area contributed by atoms with Gasteiger partial charge in [-0.2, -0.15) is 0 Å². The zero-order chi connectivity index (χ0) is 13.8. The van der Waals surface area contributed by atoms with Crippen molar-refractivity contribution in [1.29, 1.82) is 0 Å². The minimum absolute atomic E-state index is 0.0466. The van der Waals surface area contributed by atoms with Crippen LogP contribution in [0.3, 0.4) is 0 Å². The second-order valence-electron chi connectivity index (χ2n) is 4.15. The van der Waals surface area contributed by atoms with Gasteiger partial charge in [-0.25, -0.2) is 0 Å². The lowest BCUT2D eigenvalue weighted by Gasteiger charge is -2.07. The third-order valence-electron chi connectivity index (χ3n) is 2.60. The van der Waals surface area contributed by atoms with Gasteiger partial charge in [0.1, 0.15) is 12.4 Å². The number of ether oxygens (including phenoxy) is 1. The Kier molecular flexibility index (Phi) is 4.16. The van der Waals surface area contributed by atoms with Gasteiger partial charge in [0.15, 0.2) is 0 Å². The second kappa shape index (κ2) is 5.84. The Morgan fingerprint density at radius 3 is 2.74 bits per heavy atom. The molecule has 0 fully saturated rings. The average Bonchev–Trinajstić information content (AvgIpc) is 2.37. The van der Waals surface area contributed by atoms with Crippen LogP contribution in [0.4, 0.5) is 5.69 Å². The number of hydrogen-bond donors (Lipinski definition) is 0. The fourth-order valence-corrected chi connectivity index (χ4v) is 2.05. The number of aryl methyl sites for hydroxylation is 1. The van der Waals surface area contributed by atoms with Crippen LogP contribution in [0.25, 0.3) is 0 Å². The lowest BCUT2D eigenvalue weighted by molar-refractivity contribution is -0.385. The maximum Gasteiger partial charge on any atom is 0.283 e. The summed E-state index contributed by atoms with van der Waals surface area (Å²) in [5, 5.41) is 10.8. The fourth-order valence-electron chi connectivity index (χ4n) is 1.66. The van der Waals surface area contributed by atoms with Crippen molar-refractivity contribution in [3.05, 3.63) is 68.2 Å². The molecule has 0 aromatic heterocycles. The van der Waals surface area contributed by atoms with Crippen LogP contribution in [0.1, 0.15) is 11.1 Å². The molecule has 0 heterocycles. The molecule has 2 aromatic rings. The zero-order valence-corrected chi connectivity index (χ0v) is 11.9. The lowest BCUT2D eigenvalue weighted by atomic mass is 10.2. The number of nitro benzene ring substituents is 1. The van der Waals surface area contributed by atoms with Gasteiger partial charge >= 0.3 is 0 Å². The first-order valence-corrected chi connectivity index (χ1v) is 6.48. The maximum atomic E-state index is 10.8. The van der Waals surface area contributed by atoms with Crippen LogP contribution in [-0.2, 0) is 6.61 Å². The molecule has 0 unspecified atom stereocenters. The summed E-state index contributed by atoms with van der Waals surface area (Å²) in [6, 6.07) is 12.7. The molecular formula is C14H12BrNO3. The molecule has 0 bridgehead atoms. The van der Waals surface area contributed by atoms with Crippen molar-refractivity contribution < 1.29 is 9.66 Å². The Morgan fingerprint density at radius 1 is 1.26 bits per heavy atom. The first kappa shape index (κ1) is 13.5. The van der Waals surface area contributed by atoms with E-state index in [0.29, 0.717) is 11.1 Å². The Bertz CT molecular complexity index is 613. The van der Waals surface area contributed by atoms with E-state index in [9.17, 15) is 10.1 Å². The molecule has 98 valence electrons. The molecule has 0 saturated heterocycles. The van der Waals surface area contributed by atoms with Crippen LogP contribution in [-0.4, -0.2) is 4.92 Å². The summed E-state index contributed by atoms with van der Waals surface area (Å²) in [5.74, 6) is 0.755. The molecule has 0 radical (unpaired) electrons. The van der Waals surface area contributed by atoms with Crippen molar-refractivity contribution in [2.24, 2.45) is 0 Å². The minimum atomic E-state index is -0.416.